The number of aryl methyl sites for hydroxylation is 1. The predicted molar refractivity (Wildman–Crippen MR) is 110 cm³/mol. The largest absolute Gasteiger partial charge is 0.454 e. The van der Waals surface area contributed by atoms with Crippen LogP contribution in [0.5, 0.6) is 11.5 Å². The van der Waals surface area contributed by atoms with E-state index < -0.39 is 18.5 Å². The number of Topliss-reactive ketones (excluding diaryl/α,β-unsaturated/α-hetero) is 1. The first-order valence-electron chi connectivity index (χ1n) is 8.93. The number of amides is 1. The van der Waals surface area contributed by atoms with Crippen LogP contribution >= 0.6 is 15.9 Å². The first kappa shape index (κ1) is 20.0. The highest BCUT2D eigenvalue weighted by Gasteiger charge is 2.22. The van der Waals surface area contributed by atoms with Gasteiger partial charge in [-0.25, -0.2) is 4.79 Å². The van der Waals surface area contributed by atoms with Gasteiger partial charge in [-0.1, -0.05) is 15.9 Å². The molecule has 3 aromatic rings. The van der Waals surface area contributed by atoms with Crippen molar-refractivity contribution in [3.8, 4) is 11.5 Å². The Morgan fingerprint density at radius 2 is 1.87 bits per heavy atom. The predicted octanol–water partition coefficient (Wildman–Crippen LogP) is 4.23. The number of carbonyl (C=O) groups excluding carboxylic acids is 3. The zero-order valence-corrected chi connectivity index (χ0v) is 17.6. The Labute approximate surface area is 179 Å². The Balaban J connectivity index is 1.46. The number of anilines is 1. The van der Waals surface area contributed by atoms with Crippen molar-refractivity contribution in [2.24, 2.45) is 0 Å². The maximum Gasteiger partial charge on any atom is 0.375 e. The number of carbonyl (C=O) groups is 3. The number of rotatable bonds is 5. The summed E-state index contributed by atoms with van der Waals surface area (Å²) in [5.41, 5.74) is 1.67. The summed E-state index contributed by atoms with van der Waals surface area (Å²) in [7, 11) is 0. The molecule has 1 aliphatic heterocycles. The van der Waals surface area contributed by atoms with Crippen LogP contribution in [0.15, 0.2) is 39.2 Å². The van der Waals surface area contributed by atoms with Crippen LogP contribution in [0.25, 0.3) is 11.0 Å². The molecule has 9 heteroatoms. The van der Waals surface area contributed by atoms with E-state index in [-0.39, 0.29) is 29.6 Å². The fourth-order valence-electron chi connectivity index (χ4n) is 3.11. The second-order valence-electron chi connectivity index (χ2n) is 6.63. The van der Waals surface area contributed by atoms with Gasteiger partial charge in [-0.2, -0.15) is 0 Å². The number of fused-ring (bicyclic) bond motifs is 2. The van der Waals surface area contributed by atoms with Crippen LogP contribution in [-0.2, 0) is 9.53 Å². The van der Waals surface area contributed by atoms with Crippen molar-refractivity contribution in [2.45, 2.75) is 13.8 Å². The van der Waals surface area contributed by atoms with Gasteiger partial charge in [0.25, 0.3) is 5.91 Å². The molecule has 154 valence electrons. The van der Waals surface area contributed by atoms with Gasteiger partial charge in [0.1, 0.15) is 5.58 Å². The Morgan fingerprint density at radius 3 is 2.60 bits per heavy atom. The second-order valence-corrected chi connectivity index (χ2v) is 7.54. The van der Waals surface area contributed by atoms with Crippen molar-refractivity contribution < 1.29 is 33.0 Å². The van der Waals surface area contributed by atoms with E-state index in [0.29, 0.717) is 22.6 Å². The maximum atomic E-state index is 12.4. The standard InChI is InChI=1S/C21H16BrNO7/c1-10-13-5-12(22)3-4-16(13)30-20(10)21(26)27-8-19(25)23-15-7-18-17(28-9-29-18)6-14(15)11(2)24/h3-7H,8-9H2,1-2H3,(H,23,25). The van der Waals surface area contributed by atoms with Crippen LogP contribution in [0.3, 0.4) is 0 Å². The van der Waals surface area contributed by atoms with E-state index in [1.807, 2.05) is 6.07 Å². The first-order valence-corrected chi connectivity index (χ1v) is 9.73. The molecule has 0 fully saturated rings. The molecule has 8 nitrogen and oxygen atoms in total. The smallest absolute Gasteiger partial charge is 0.375 e. The molecule has 2 aromatic carbocycles. The number of esters is 1. The maximum absolute atomic E-state index is 12.4. The van der Waals surface area contributed by atoms with Crippen LogP contribution in [0.4, 0.5) is 5.69 Å². The SMILES string of the molecule is CC(=O)c1cc2c(cc1NC(=O)COC(=O)c1oc3ccc(Br)cc3c1C)OCO2. The van der Waals surface area contributed by atoms with Gasteiger partial charge in [0.15, 0.2) is 23.9 Å². The average molecular weight is 474 g/mol. The highest BCUT2D eigenvalue weighted by Crippen LogP contribution is 2.37. The van der Waals surface area contributed by atoms with Crippen LogP contribution in [0.2, 0.25) is 0 Å². The fourth-order valence-corrected chi connectivity index (χ4v) is 3.47. The number of furan rings is 1. The van der Waals surface area contributed by atoms with E-state index in [9.17, 15) is 14.4 Å². The van der Waals surface area contributed by atoms with Gasteiger partial charge in [-0.15, -0.1) is 0 Å². The van der Waals surface area contributed by atoms with Crippen molar-refractivity contribution in [3.05, 3.63) is 51.7 Å². The first-order chi connectivity index (χ1) is 14.3. The molecule has 1 amide bonds. The van der Waals surface area contributed by atoms with Gasteiger partial charge in [-0.05, 0) is 38.1 Å². The molecule has 1 aliphatic rings. The Morgan fingerprint density at radius 1 is 1.13 bits per heavy atom. The van der Waals surface area contributed by atoms with Crippen molar-refractivity contribution in [1.82, 2.24) is 0 Å². The summed E-state index contributed by atoms with van der Waals surface area (Å²) in [4.78, 5) is 36.6. The van der Waals surface area contributed by atoms with E-state index in [0.717, 1.165) is 9.86 Å². The van der Waals surface area contributed by atoms with E-state index in [4.69, 9.17) is 18.6 Å². The minimum Gasteiger partial charge on any atom is -0.454 e. The summed E-state index contributed by atoms with van der Waals surface area (Å²) in [5.74, 6) is -0.755. The van der Waals surface area contributed by atoms with Gasteiger partial charge < -0.3 is 23.9 Å². The monoisotopic (exact) mass is 473 g/mol. The summed E-state index contributed by atoms with van der Waals surface area (Å²) < 4.78 is 22.0. The third kappa shape index (κ3) is 3.76. The van der Waals surface area contributed by atoms with Gasteiger partial charge >= 0.3 is 5.97 Å². The van der Waals surface area contributed by atoms with E-state index in [2.05, 4.69) is 21.2 Å². The summed E-state index contributed by atoms with van der Waals surface area (Å²) in [6.45, 7) is 2.59. The lowest BCUT2D eigenvalue weighted by atomic mass is 10.1. The fraction of sp³-hybridized carbons (Fsp3) is 0.190. The lowest BCUT2D eigenvalue weighted by Gasteiger charge is -2.10. The Kier molecular flexibility index (Phi) is 5.21. The minimum absolute atomic E-state index is 0.0309. The van der Waals surface area contributed by atoms with Crippen molar-refractivity contribution in [3.63, 3.8) is 0 Å². The number of ether oxygens (including phenoxy) is 3. The third-order valence-corrected chi connectivity index (χ3v) is 5.08. The Hall–Kier alpha value is -3.33. The van der Waals surface area contributed by atoms with E-state index >= 15 is 0 Å². The molecular weight excluding hydrogens is 458 g/mol. The van der Waals surface area contributed by atoms with Crippen LogP contribution in [-0.4, -0.2) is 31.1 Å². The van der Waals surface area contributed by atoms with Crippen molar-refractivity contribution in [2.75, 3.05) is 18.7 Å². The molecule has 0 radical (unpaired) electrons. The Bertz CT molecular complexity index is 1200. The summed E-state index contributed by atoms with van der Waals surface area (Å²) in [6, 6.07) is 8.37. The van der Waals surface area contributed by atoms with Crippen LogP contribution < -0.4 is 14.8 Å². The van der Waals surface area contributed by atoms with Gasteiger partial charge in [0.05, 0.1) is 5.69 Å². The zero-order valence-electron chi connectivity index (χ0n) is 16.0. The molecule has 0 atom stereocenters. The average Bonchev–Trinajstić information content (AvgIpc) is 3.29. The third-order valence-electron chi connectivity index (χ3n) is 4.58. The van der Waals surface area contributed by atoms with Crippen molar-refractivity contribution >= 4 is 50.2 Å². The summed E-state index contributed by atoms with van der Waals surface area (Å²) in [5, 5.41) is 3.34. The van der Waals surface area contributed by atoms with E-state index in [1.54, 1.807) is 19.1 Å². The molecular formula is C21H16BrNO7. The highest BCUT2D eigenvalue weighted by molar-refractivity contribution is 9.10. The second kappa shape index (κ2) is 7.83. The van der Waals surface area contributed by atoms with Gasteiger partial charge in [0.2, 0.25) is 12.6 Å². The summed E-state index contributed by atoms with van der Waals surface area (Å²) >= 11 is 3.38. The molecule has 4 rings (SSSR count). The molecule has 2 heterocycles. The number of ketones is 1. The highest BCUT2D eigenvalue weighted by atomic mass is 79.9. The van der Waals surface area contributed by atoms with Crippen LogP contribution in [0, 0.1) is 6.92 Å². The van der Waals surface area contributed by atoms with Gasteiger partial charge in [-0.3, -0.25) is 9.59 Å². The lowest BCUT2D eigenvalue weighted by molar-refractivity contribution is -0.119. The molecule has 0 saturated carbocycles. The molecule has 0 saturated heterocycles. The van der Waals surface area contributed by atoms with Gasteiger partial charge in [0, 0.05) is 27.1 Å². The van der Waals surface area contributed by atoms with Crippen LogP contribution in [0.1, 0.15) is 33.4 Å². The molecule has 0 bridgehead atoms. The number of hydrogen-bond donors (Lipinski definition) is 1. The van der Waals surface area contributed by atoms with E-state index in [1.165, 1.54) is 19.1 Å². The molecule has 0 unspecified atom stereocenters. The number of nitrogens with one attached hydrogen (secondary N) is 1. The summed E-state index contributed by atoms with van der Waals surface area (Å²) in [6.07, 6.45) is 0. The minimum atomic E-state index is -0.757. The molecule has 0 aliphatic carbocycles. The molecule has 0 spiro atoms. The van der Waals surface area contributed by atoms with Crippen molar-refractivity contribution in [1.29, 1.82) is 0 Å². The molecule has 30 heavy (non-hydrogen) atoms. The normalized spacial score (nSPS) is 12.1. The zero-order chi connectivity index (χ0) is 21.4. The lowest BCUT2D eigenvalue weighted by Crippen LogP contribution is -2.22. The molecule has 1 aromatic heterocycles. The topological polar surface area (TPSA) is 104 Å². The number of halogens is 1. The quantitative estimate of drug-likeness (QED) is 0.436. The number of benzene rings is 2. The molecule has 1 N–H and O–H groups in total. The number of hydrogen-bond acceptors (Lipinski definition) is 7.